The van der Waals surface area contributed by atoms with Crippen molar-refractivity contribution >= 4 is 17.6 Å². The minimum Gasteiger partial charge on any atom is -0.478 e. The van der Waals surface area contributed by atoms with Crippen LogP contribution in [-0.4, -0.2) is 26.3 Å². The number of hydrogen-bond donors (Lipinski definition) is 3. The smallest absolute Gasteiger partial charge is 0.335 e. The quantitative estimate of drug-likeness (QED) is 0.687. The van der Waals surface area contributed by atoms with Crippen LogP contribution in [0.4, 0.5) is 11.6 Å². The number of aromatic nitrogens is 3. The van der Waals surface area contributed by atoms with E-state index in [1.165, 1.54) is 12.1 Å². The highest BCUT2D eigenvalue weighted by molar-refractivity contribution is 5.88. The van der Waals surface area contributed by atoms with Gasteiger partial charge in [-0.2, -0.15) is 4.98 Å². The lowest BCUT2D eigenvalue weighted by Crippen LogP contribution is -1.97. The van der Waals surface area contributed by atoms with Crippen molar-refractivity contribution in [2.45, 2.75) is 6.92 Å². The van der Waals surface area contributed by atoms with Gasteiger partial charge in [-0.3, -0.25) is 5.10 Å². The first kappa shape index (κ1) is 13.8. The van der Waals surface area contributed by atoms with Gasteiger partial charge in [0, 0.05) is 11.3 Å². The third-order valence-electron chi connectivity index (χ3n) is 3.27. The molecule has 0 unspecified atom stereocenters. The van der Waals surface area contributed by atoms with Crippen molar-refractivity contribution in [3.05, 3.63) is 59.7 Å². The van der Waals surface area contributed by atoms with Crippen LogP contribution < -0.4 is 5.32 Å². The lowest BCUT2D eigenvalue weighted by molar-refractivity contribution is 0.0697. The van der Waals surface area contributed by atoms with Crippen molar-refractivity contribution in [2.75, 3.05) is 5.32 Å². The zero-order valence-corrected chi connectivity index (χ0v) is 11.9. The number of aromatic carboxylic acids is 1. The van der Waals surface area contributed by atoms with Crippen LogP contribution in [0, 0.1) is 6.92 Å². The van der Waals surface area contributed by atoms with E-state index in [1.54, 1.807) is 12.1 Å². The van der Waals surface area contributed by atoms with E-state index in [0.29, 0.717) is 11.8 Å². The molecular formula is C16H14N4O2. The van der Waals surface area contributed by atoms with E-state index >= 15 is 0 Å². The van der Waals surface area contributed by atoms with E-state index in [-0.39, 0.29) is 5.56 Å². The standard InChI is InChI=1S/C16H14N4O2/c1-10-4-2-3-5-13(10)14-18-16(20-19-14)17-12-8-6-11(7-9-12)15(21)22/h2-9H,1H3,(H,21,22)(H2,17,18,19,20). The van der Waals surface area contributed by atoms with E-state index in [4.69, 9.17) is 5.11 Å². The Hall–Kier alpha value is -3.15. The minimum atomic E-state index is -0.953. The topological polar surface area (TPSA) is 90.9 Å². The highest BCUT2D eigenvalue weighted by atomic mass is 16.4. The normalized spacial score (nSPS) is 10.4. The van der Waals surface area contributed by atoms with E-state index < -0.39 is 5.97 Å². The summed E-state index contributed by atoms with van der Waals surface area (Å²) in [4.78, 5) is 15.2. The fraction of sp³-hybridized carbons (Fsp3) is 0.0625. The third kappa shape index (κ3) is 2.80. The fourth-order valence-electron chi connectivity index (χ4n) is 2.10. The first-order valence-corrected chi connectivity index (χ1v) is 6.72. The van der Waals surface area contributed by atoms with Crippen molar-refractivity contribution in [2.24, 2.45) is 0 Å². The molecule has 0 amide bonds. The summed E-state index contributed by atoms with van der Waals surface area (Å²) >= 11 is 0. The summed E-state index contributed by atoms with van der Waals surface area (Å²) in [6.07, 6.45) is 0. The summed E-state index contributed by atoms with van der Waals surface area (Å²) in [5, 5.41) is 18.9. The molecule has 0 radical (unpaired) electrons. The summed E-state index contributed by atoms with van der Waals surface area (Å²) in [6, 6.07) is 14.3. The predicted octanol–water partition coefficient (Wildman–Crippen LogP) is 3.22. The van der Waals surface area contributed by atoms with Gasteiger partial charge in [-0.25, -0.2) is 4.79 Å². The van der Waals surface area contributed by atoms with Crippen molar-refractivity contribution in [3.63, 3.8) is 0 Å². The molecule has 0 aliphatic rings. The van der Waals surface area contributed by atoms with Crippen LogP contribution in [0.2, 0.25) is 0 Å². The summed E-state index contributed by atoms with van der Waals surface area (Å²) in [6.45, 7) is 2.01. The van der Waals surface area contributed by atoms with Crippen LogP contribution in [-0.2, 0) is 0 Å². The van der Waals surface area contributed by atoms with Gasteiger partial charge < -0.3 is 10.4 Å². The summed E-state index contributed by atoms with van der Waals surface area (Å²) in [7, 11) is 0. The molecule has 6 heteroatoms. The van der Waals surface area contributed by atoms with E-state index in [9.17, 15) is 4.79 Å². The molecule has 3 N–H and O–H groups in total. The van der Waals surface area contributed by atoms with Gasteiger partial charge in [0.15, 0.2) is 5.82 Å². The number of H-pyrrole nitrogens is 1. The van der Waals surface area contributed by atoms with E-state index in [2.05, 4.69) is 20.5 Å². The van der Waals surface area contributed by atoms with Gasteiger partial charge >= 0.3 is 5.97 Å². The molecule has 0 saturated carbocycles. The number of aromatic amines is 1. The molecule has 0 atom stereocenters. The molecule has 0 aliphatic heterocycles. The van der Waals surface area contributed by atoms with Gasteiger partial charge in [-0.05, 0) is 36.8 Å². The number of nitrogens with zero attached hydrogens (tertiary/aromatic N) is 2. The van der Waals surface area contributed by atoms with Crippen molar-refractivity contribution in [1.29, 1.82) is 0 Å². The summed E-state index contributed by atoms with van der Waals surface area (Å²) < 4.78 is 0. The number of nitrogens with one attached hydrogen (secondary N) is 2. The molecule has 0 fully saturated rings. The second-order valence-electron chi connectivity index (χ2n) is 4.83. The number of carbonyl (C=O) groups is 1. The first-order chi connectivity index (χ1) is 10.6. The maximum Gasteiger partial charge on any atom is 0.335 e. The van der Waals surface area contributed by atoms with E-state index in [1.807, 2.05) is 31.2 Å². The van der Waals surface area contributed by atoms with Gasteiger partial charge in [0.05, 0.1) is 5.56 Å². The van der Waals surface area contributed by atoms with Gasteiger partial charge in [-0.1, -0.05) is 24.3 Å². The largest absolute Gasteiger partial charge is 0.478 e. The zero-order chi connectivity index (χ0) is 15.5. The van der Waals surface area contributed by atoms with Gasteiger partial charge in [0.1, 0.15) is 0 Å². The monoisotopic (exact) mass is 294 g/mol. The molecule has 22 heavy (non-hydrogen) atoms. The van der Waals surface area contributed by atoms with Gasteiger partial charge in [0.2, 0.25) is 5.95 Å². The van der Waals surface area contributed by atoms with Crippen molar-refractivity contribution < 1.29 is 9.90 Å². The van der Waals surface area contributed by atoms with Crippen molar-refractivity contribution in [3.8, 4) is 11.4 Å². The molecule has 1 heterocycles. The Labute approximate surface area is 126 Å². The number of benzene rings is 2. The molecule has 3 rings (SSSR count). The molecule has 110 valence electrons. The molecule has 3 aromatic rings. The average Bonchev–Trinajstić information content (AvgIpc) is 2.96. The average molecular weight is 294 g/mol. The van der Waals surface area contributed by atoms with Crippen molar-refractivity contribution in [1.82, 2.24) is 15.2 Å². The number of anilines is 2. The molecule has 1 aromatic heterocycles. The molecular weight excluding hydrogens is 280 g/mol. The van der Waals surface area contributed by atoms with Gasteiger partial charge in [0.25, 0.3) is 0 Å². The number of rotatable bonds is 4. The van der Waals surface area contributed by atoms with E-state index in [0.717, 1.165) is 16.8 Å². The summed E-state index contributed by atoms with van der Waals surface area (Å²) in [5.74, 6) is 0.162. The number of aryl methyl sites for hydroxylation is 1. The Kier molecular flexibility index (Phi) is 3.57. The number of carboxylic acid groups (broad SMARTS) is 1. The Bertz CT molecular complexity index is 809. The second kappa shape index (κ2) is 5.69. The Morgan fingerprint density at radius 2 is 1.86 bits per heavy atom. The maximum absolute atomic E-state index is 10.8. The minimum absolute atomic E-state index is 0.237. The van der Waals surface area contributed by atoms with Crippen LogP contribution in [0.3, 0.4) is 0 Å². The molecule has 0 bridgehead atoms. The predicted molar refractivity (Wildman–Crippen MR) is 83.2 cm³/mol. The lowest BCUT2D eigenvalue weighted by Gasteiger charge is -2.02. The Balaban J connectivity index is 1.80. The lowest BCUT2D eigenvalue weighted by atomic mass is 10.1. The Morgan fingerprint density at radius 3 is 2.55 bits per heavy atom. The molecule has 0 saturated heterocycles. The third-order valence-corrected chi connectivity index (χ3v) is 3.27. The molecule has 6 nitrogen and oxygen atoms in total. The molecule has 0 spiro atoms. The van der Waals surface area contributed by atoms with Crippen LogP contribution in [0.5, 0.6) is 0 Å². The Morgan fingerprint density at radius 1 is 1.14 bits per heavy atom. The second-order valence-corrected chi connectivity index (χ2v) is 4.83. The molecule has 0 aliphatic carbocycles. The highest BCUT2D eigenvalue weighted by Gasteiger charge is 2.08. The number of carboxylic acids is 1. The number of hydrogen-bond acceptors (Lipinski definition) is 4. The fourth-order valence-corrected chi connectivity index (χ4v) is 2.10. The van der Waals surface area contributed by atoms with Crippen LogP contribution in [0.1, 0.15) is 15.9 Å². The van der Waals surface area contributed by atoms with Crippen LogP contribution in [0.15, 0.2) is 48.5 Å². The highest BCUT2D eigenvalue weighted by Crippen LogP contribution is 2.21. The zero-order valence-electron chi connectivity index (χ0n) is 11.9. The van der Waals surface area contributed by atoms with Crippen LogP contribution in [0.25, 0.3) is 11.4 Å². The summed E-state index contributed by atoms with van der Waals surface area (Å²) in [5.41, 5.74) is 3.06. The SMILES string of the molecule is Cc1ccccc1-c1nc(Nc2ccc(C(=O)O)cc2)n[nH]1. The van der Waals surface area contributed by atoms with Crippen LogP contribution >= 0.6 is 0 Å². The maximum atomic E-state index is 10.8. The molecule has 2 aromatic carbocycles. The first-order valence-electron chi connectivity index (χ1n) is 6.72. The van der Waals surface area contributed by atoms with Gasteiger partial charge in [-0.15, -0.1) is 5.10 Å².